The fraction of sp³-hybridized carbons (Fsp3) is 0.429. The summed E-state index contributed by atoms with van der Waals surface area (Å²) in [7, 11) is 0. The molecule has 2 rings (SSSR count). The summed E-state index contributed by atoms with van der Waals surface area (Å²) < 4.78 is 0.932. The largest absolute Gasteiger partial charge is 0.378 e. The first-order valence-electron chi connectivity index (χ1n) is 6.41. The summed E-state index contributed by atoms with van der Waals surface area (Å²) in [4.78, 5) is 25.2. The Kier molecular flexibility index (Phi) is 4.15. The highest BCUT2D eigenvalue weighted by Gasteiger charge is 2.40. The number of carbonyl (C=O) groups excluding carboxylic acids is 2. The van der Waals surface area contributed by atoms with Crippen LogP contribution in [0.3, 0.4) is 0 Å². The molecule has 5 nitrogen and oxygen atoms in total. The van der Waals surface area contributed by atoms with Crippen LogP contribution in [0.5, 0.6) is 0 Å². The quantitative estimate of drug-likeness (QED) is 0.848. The number of benzene rings is 1. The molecular weight excluding hydrogens is 324 g/mol. The van der Waals surface area contributed by atoms with Gasteiger partial charge >= 0.3 is 0 Å². The minimum absolute atomic E-state index is 0.0454. The first-order valence-corrected chi connectivity index (χ1v) is 7.20. The predicted molar refractivity (Wildman–Crippen MR) is 78.2 cm³/mol. The van der Waals surface area contributed by atoms with Gasteiger partial charge in [0.05, 0.1) is 6.54 Å². The molecule has 0 radical (unpaired) electrons. The number of hydrogen-bond donors (Lipinski definition) is 2. The van der Waals surface area contributed by atoms with Crippen molar-refractivity contribution in [3.63, 3.8) is 0 Å². The maximum Gasteiger partial charge on any atom is 0.253 e. The summed E-state index contributed by atoms with van der Waals surface area (Å²) in [6, 6.07) is 5.31. The first-order chi connectivity index (χ1) is 9.33. The molecule has 1 aromatic rings. The van der Waals surface area contributed by atoms with Crippen molar-refractivity contribution in [2.45, 2.75) is 25.4 Å². The number of primary amides is 1. The molecule has 1 unspecified atom stereocenters. The molecular formula is C14H17BrN2O3. The average Bonchev–Trinajstić information content (AvgIpc) is 2.41. The van der Waals surface area contributed by atoms with E-state index >= 15 is 0 Å². The van der Waals surface area contributed by atoms with Crippen molar-refractivity contribution >= 4 is 27.7 Å². The van der Waals surface area contributed by atoms with Crippen LogP contribution in [0.25, 0.3) is 0 Å². The van der Waals surface area contributed by atoms with Crippen LogP contribution in [0.15, 0.2) is 22.7 Å². The number of aryl methyl sites for hydroxylation is 1. The Morgan fingerprint density at radius 3 is 2.75 bits per heavy atom. The lowest BCUT2D eigenvalue weighted by Crippen LogP contribution is -2.57. The lowest BCUT2D eigenvalue weighted by Gasteiger charge is -2.37. The molecule has 0 bridgehead atoms. The summed E-state index contributed by atoms with van der Waals surface area (Å²) in [5.41, 5.74) is 5.10. The molecule has 0 saturated carbocycles. The van der Waals surface area contributed by atoms with Gasteiger partial charge in [-0.25, -0.2) is 0 Å². The highest BCUT2D eigenvalue weighted by molar-refractivity contribution is 9.10. The van der Waals surface area contributed by atoms with Gasteiger partial charge in [0.2, 0.25) is 0 Å². The second-order valence-electron chi connectivity index (χ2n) is 5.19. The van der Waals surface area contributed by atoms with Gasteiger partial charge in [0.1, 0.15) is 0 Å². The highest BCUT2D eigenvalue weighted by atomic mass is 79.9. The molecule has 1 aliphatic heterocycles. The first kappa shape index (κ1) is 15.0. The van der Waals surface area contributed by atoms with Gasteiger partial charge in [0, 0.05) is 16.6 Å². The van der Waals surface area contributed by atoms with Gasteiger partial charge < -0.3 is 15.7 Å². The maximum absolute atomic E-state index is 12.4. The van der Waals surface area contributed by atoms with Crippen molar-refractivity contribution < 1.29 is 14.7 Å². The van der Waals surface area contributed by atoms with Gasteiger partial charge in [-0.3, -0.25) is 9.59 Å². The summed E-state index contributed by atoms with van der Waals surface area (Å²) in [6.07, 6.45) is 0.853. The molecule has 108 valence electrons. The molecule has 1 aromatic carbocycles. The standard InChI is InChI=1S/C14H17BrN2O3/c1-9-7-10(3-4-11(9)15)12(18)17-6-2-5-14(20,8-17)13(16)19/h3-4,7,20H,2,5-6,8H2,1H3,(H2,16,19). The van der Waals surface area contributed by atoms with Gasteiger partial charge in [0.25, 0.3) is 11.8 Å². The average molecular weight is 341 g/mol. The summed E-state index contributed by atoms with van der Waals surface area (Å²) in [5.74, 6) is -0.970. The fourth-order valence-corrected chi connectivity index (χ4v) is 2.62. The molecule has 0 aromatic heterocycles. The van der Waals surface area contributed by atoms with E-state index in [0.717, 1.165) is 10.0 Å². The monoisotopic (exact) mass is 340 g/mol. The number of likely N-dealkylation sites (tertiary alicyclic amines) is 1. The fourth-order valence-electron chi connectivity index (χ4n) is 2.37. The number of rotatable bonds is 2. The zero-order chi connectivity index (χ0) is 14.9. The van der Waals surface area contributed by atoms with Crippen LogP contribution in [-0.2, 0) is 4.79 Å². The molecule has 1 fully saturated rings. The van der Waals surface area contributed by atoms with Crippen molar-refractivity contribution in [3.05, 3.63) is 33.8 Å². The normalized spacial score (nSPS) is 22.6. The van der Waals surface area contributed by atoms with Crippen LogP contribution in [-0.4, -0.2) is 40.5 Å². The Morgan fingerprint density at radius 1 is 1.45 bits per heavy atom. The van der Waals surface area contributed by atoms with Crippen LogP contribution in [0.1, 0.15) is 28.8 Å². The predicted octanol–water partition coefficient (Wildman–Crippen LogP) is 1.21. The van der Waals surface area contributed by atoms with Crippen LogP contribution in [0, 0.1) is 6.92 Å². The smallest absolute Gasteiger partial charge is 0.253 e. The number of carbonyl (C=O) groups is 2. The lowest BCUT2D eigenvalue weighted by atomic mass is 9.91. The third kappa shape index (κ3) is 2.86. The van der Waals surface area contributed by atoms with E-state index in [4.69, 9.17) is 5.73 Å². The summed E-state index contributed by atoms with van der Waals surface area (Å²) in [5, 5.41) is 10.1. The molecule has 1 saturated heterocycles. The van der Waals surface area contributed by atoms with Gasteiger partial charge in [-0.2, -0.15) is 0 Å². The molecule has 0 aliphatic carbocycles. The van der Waals surface area contributed by atoms with E-state index in [0.29, 0.717) is 24.9 Å². The molecule has 0 spiro atoms. The highest BCUT2D eigenvalue weighted by Crippen LogP contribution is 2.24. The number of β-amino-alcohol motifs (C(OH)–C–C–N with tert-alkyl or cyclic N) is 1. The number of halogens is 1. The second-order valence-corrected chi connectivity index (χ2v) is 6.04. The van der Waals surface area contributed by atoms with Gasteiger partial charge in [0.15, 0.2) is 5.60 Å². The number of aliphatic hydroxyl groups is 1. The van der Waals surface area contributed by atoms with Gasteiger partial charge in [-0.05, 0) is 43.5 Å². The Balaban J connectivity index is 2.20. The molecule has 2 amide bonds. The summed E-state index contributed by atoms with van der Waals surface area (Å²) in [6.45, 7) is 2.37. The third-order valence-corrected chi connectivity index (χ3v) is 4.51. The van der Waals surface area contributed by atoms with E-state index in [9.17, 15) is 14.7 Å². The van der Waals surface area contributed by atoms with E-state index in [1.165, 1.54) is 4.90 Å². The van der Waals surface area contributed by atoms with Crippen LogP contribution < -0.4 is 5.73 Å². The van der Waals surface area contributed by atoms with Gasteiger partial charge in [-0.1, -0.05) is 15.9 Å². The molecule has 1 heterocycles. The second kappa shape index (κ2) is 5.54. The van der Waals surface area contributed by atoms with E-state index < -0.39 is 11.5 Å². The topological polar surface area (TPSA) is 83.6 Å². The van der Waals surface area contributed by atoms with Crippen LogP contribution in [0.4, 0.5) is 0 Å². The van der Waals surface area contributed by atoms with E-state index in [1.807, 2.05) is 13.0 Å². The third-order valence-electron chi connectivity index (χ3n) is 3.62. The van der Waals surface area contributed by atoms with Crippen molar-refractivity contribution in [3.8, 4) is 0 Å². The Bertz CT molecular complexity index is 561. The minimum Gasteiger partial charge on any atom is -0.378 e. The molecule has 3 N–H and O–H groups in total. The van der Waals surface area contributed by atoms with Crippen molar-refractivity contribution in [2.75, 3.05) is 13.1 Å². The zero-order valence-electron chi connectivity index (χ0n) is 11.2. The minimum atomic E-state index is -1.61. The molecule has 1 atom stereocenters. The number of nitrogens with zero attached hydrogens (tertiary/aromatic N) is 1. The maximum atomic E-state index is 12.4. The van der Waals surface area contributed by atoms with E-state index in [2.05, 4.69) is 15.9 Å². The molecule has 1 aliphatic rings. The summed E-state index contributed by atoms with van der Waals surface area (Å²) >= 11 is 3.39. The van der Waals surface area contributed by atoms with E-state index in [1.54, 1.807) is 12.1 Å². The SMILES string of the molecule is Cc1cc(C(=O)N2CCCC(O)(C(N)=O)C2)ccc1Br. The molecule has 20 heavy (non-hydrogen) atoms. The van der Waals surface area contributed by atoms with Crippen molar-refractivity contribution in [2.24, 2.45) is 5.73 Å². The number of nitrogens with two attached hydrogens (primary N) is 1. The van der Waals surface area contributed by atoms with Crippen molar-refractivity contribution in [1.29, 1.82) is 0 Å². The number of piperidine rings is 1. The Labute approximate surface area is 125 Å². The van der Waals surface area contributed by atoms with Crippen LogP contribution >= 0.6 is 15.9 Å². The number of amides is 2. The Hall–Kier alpha value is -1.40. The van der Waals surface area contributed by atoms with E-state index in [-0.39, 0.29) is 12.5 Å². The lowest BCUT2D eigenvalue weighted by molar-refractivity contribution is -0.140. The van der Waals surface area contributed by atoms with Crippen LogP contribution in [0.2, 0.25) is 0 Å². The van der Waals surface area contributed by atoms with Crippen molar-refractivity contribution in [1.82, 2.24) is 4.90 Å². The zero-order valence-corrected chi connectivity index (χ0v) is 12.8. The van der Waals surface area contributed by atoms with Gasteiger partial charge in [-0.15, -0.1) is 0 Å². The Morgan fingerprint density at radius 2 is 2.15 bits per heavy atom. The molecule has 6 heteroatoms. The number of hydrogen-bond acceptors (Lipinski definition) is 3.